The van der Waals surface area contributed by atoms with Crippen LogP contribution in [0.1, 0.15) is 49.8 Å². The van der Waals surface area contributed by atoms with Crippen molar-refractivity contribution in [2.24, 2.45) is 5.73 Å². The lowest BCUT2D eigenvalue weighted by molar-refractivity contribution is -0.0511. The summed E-state index contributed by atoms with van der Waals surface area (Å²) >= 11 is 0. The molecule has 3 heteroatoms. The molecule has 0 amide bonds. The van der Waals surface area contributed by atoms with E-state index < -0.39 is 0 Å². The number of nitrogens with zero attached hydrogens (tertiary/aromatic N) is 1. The number of benzene rings is 1. The van der Waals surface area contributed by atoms with Crippen LogP contribution in [0.5, 0.6) is 0 Å². The van der Waals surface area contributed by atoms with Gasteiger partial charge >= 0.3 is 0 Å². The fourth-order valence-corrected chi connectivity index (χ4v) is 3.77. The average molecular weight is 274 g/mol. The van der Waals surface area contributed by atoms with E-state index in [4.69, 9.17) is 10.5 Å². The third-order valence-electron chi connectivity index (χ3n) is 4.99. The summed E-state index contributed by atoms with van der Waals surface area (Å²) in [5.74, 6) is 0.596. The molecule has 0 radical (unpaired) electrons. The normalized spacial score (nSPS) is 34.8. The van der Waals surface area contributed by atoms with Gasteiger partial charge in [-0.2, -0.15) is 0 Å². The van der Waals surface area contributed by atoms with Crippen LogP contribution in [-0.2, 0) is 4.74 Å². The molecule has 0 aromatic heterocycles. The first-order valence-electron chi connectivity index (χ1n) is 7.90. The lowest BCUT2D eigenvalue weighted by atomic mass is 9.77. The summed E-state index contributed by atoms with van der Waals surface area (Å²) in [4.78, 5) is 2.56. The highest BCUT2D eigenvalue weighted by Crippen LogP contribution is 2.38. The Morgan fingerprint density at radius 1 is 1.30 bits per heavy atom. The second-order valence-corrected chi connectivity index (χ2v) is 6.25. The molecule has 2 N–H and O–H groups in total. The van der Waals surface area contributed by atoms with Crippen molar-refractivity contribution in [3.8, 4) is 0 Å². The zero-order valence-corrected chi connectivity index (χ0v) is 12.6. The molecule has 1 fully saturated rings. The summed E-state index contributed by atoms with van der Waals surface area (Å²) in [6, 6.07) is 9.28. The maximum Gasteiger partial charge on any atom is 0.0700 e. The van der Waals surface area contributed by atoms with Crippen LogP contribution in [0.3, 0.4) is 0 Å². The number of morpholine rings is 1. The highest BCUT2D eigenvalue weighted by Gasteiger charge is 2.36. The third-order valence-corrected chi connectivity index (χ3v) is 4.99. The first kappa shape index (κ1) is 14.1. The number of ether oxygens (including phenoxy) is 1. The van der Waals surface area contributed by atoms with Gasteiger partial charge < -0.3 is 10.5 Å². The molecule has 1 saturated heterocycles. The highest BCUT2D eigenvalue weighted by atomic mass is 16.5. The van der Waals surface area contributed by atoms with E-state index in [0.29, 0.717) is 18.1 Å². The van der Waals surface area contributed by atoms with Gasteiger partial charge in [-0.1, -0.05) is 38.1 Å². The van der Waals surface area contributed by atoms with Gasteiger partial charge in [0.1, 0.15) is 0 Å². The molecule has 1 aromatic carbocycles. The van der Waals surface area contributed by atoms with Gasteiger partial charge in [0, 0.05) is 25.2 Å². The predicted octanol–water partition coefficient (Wildman–Crippen LogP) is 2.67. The fourth-order valence-electron chi connectivity index (χ4n) is 3.77. The van der Waals surface area contributed by atoms with Crippen LogP contribution in [0.15, 0.2) is 24.3 Å². The fraction of sp³-hybridized carbons (Fsp3) is 0.647. The van der Waals surface area contributed by atoms with E-state index in [1.807, 2.05) is 0 Å². The topological polar surface area (TPSA) is 38.5 Å². The van der Waals surface area contributed by atoms with Gasteiger partial charge in [-0.25, -0.2) is 0 Å². The summed E-state index contributed by atoms with van der Waals surface area (Å²) in [6.07, 6.45) is 2.63. The molecule has 1 aromatic rings. The minimum Gasteiger partial charge on any atom is -0.376 e. The molecule has 2 aliphatic rings. The van der Waals surface area contributed by atoms with Crippen molar-refractivity contribution in [1.82, 2.24) is 4.90 Å². The van der Waals surface area contributed by atoms with E-state index in [9.17, 15) is 0 Å². The SMILES string of the molecule is CCC1CN(C2CC(C)c3ccccc3C2N)CCO1. The van der Waals surface area contributed by atoms with E-state index in [1.165, 1.54) is 11.1 Å². The van der Waals surface area contributed by atoms with Crippen LogP contribution in [0.25, 0.3) is 0 Å². The van der Waals surface area contributed by atoms with Crippen LogP contribution in [-0.4, -0.2) is 36.7 Å². The van der Waals surface area contributed by atoms with Crippen molar-refractivity contribution in [3.05, 3.63) is 35.4 Å². The van der Waals surface area contributed by atoms with E-state index in [-0.39, 0.29) is 6.04 Å². The molecule has 4 unspecified atom stereocenters. The van der Waals surface area contributed by atoms with Gasteiger partial charge in [-0.15, -0.1) is 0 Å². The Balaban J connectivity index is 1.82. The van der Waals surface area contributed by atoms with Gasteiger partial charge in [0.15, 0.2) is 0 Å². The van der Waals surface area contributed by atoms with Gasteiger partial charge in [0.05, 0.1) is 12.7 Å². The second-order valence-electron chi connectivity index (χ2n) is 6.25. The summed E-state index contributed by atoms with van der Waals surface area (Å²) in [6.45, 7) is 7.42. The molecule has 0 saturated carbocycles. The summed E-state index contributed by atoms with van der Waals surface area (Å²) in [7, 11) is 0. The van der Waals surface area contributed by atoms with Crippen LogP contribution < -0.4 is 5.73 Å². The first-order chi connectivity index (χ1) is 9.70. The molecule has 110 valence electrons. The summed E-state index contributed by atoms with van der Waals surface area (Å²) in [5.41, 5.74) is 9.37. The molecule has 1 aliphatic heterocycles. The number of nitrogens with two attached hydrogens (primary N) is 1. The standard InChI is InChI=1S/C17H26N2O/c1-3-13-11-19(8-9-20-13)16-10-12(2)14-6-4-5-7-15(14)17(16)18/h4-7,12-13,16-17H,3,8-11,18H2,1-2H3. The average Bonchev–Trinajstić information content (AvgIpc) is 2.51. The van der Waals surface area contributed by atoms with Crippen LogP contribution in [0.4, 0.5) is 0 Å². The van der Waals surface area contributed by atoms with Crippen molar-refractivity contribution in [2.75, 3.05) is 19.7 Å². The first-order valence-corrected chi connectivity index (χ1v) is 7.90. The zero-order valence-electron chi connectivity index (χ0n) is 12.6. The molecule has 0 bridgehead atoms. The zero-order chi connectivity index (χ0) is 14.1. The van der Waals surface area contributed by atoms with E-state index in [2.05, 4.69) is 43.0 Å². The lowest BCUT2D eigenvalue weighted by Gasteiger charge is -2.44. The number of hydrogen-bond donors (Lipinski definition) is 1. The Morgan fingerprint density at radius 3 is 2.80 bits per heavy atom. The molecule has 3 nitrogen and oxygen atoms in total. The molecule has 1 heterocycles. The maximum absolute atomic E-state index is 6.59. The summed E-state index contributed by atoms with van der Waals surface area (Å²) in [5, 5.41) is 0. The van der Waals surface area contributed by atoms with Crippen LogP contribution >= 0.6 is 0 Å². The Bertz CT molecular complexity index is 462. The van der Waals surface area contributed by atoms with Crippen molar-refractivity contribution in [2.45, 2.75) is 50.8 Å². The van der Waals surface area contributed by atoms with Gasteiger partial charge in [-0.05, 0) is 29.9 Å². The minimum atomic E-state index is 0.137. The van der Waals surface area contributed by atoms with Crippen molar-refractivity contribution in [1.29, 1.82) is 0 Å². The summed E-state index contributed by atoms with van der Waals surface area (Å²) < 4.78 is 5.80. The minimum absolute atomic E-state index is 0.137. The largest absolute Gasteiger partial charge is 0.376 e. The second kappa shape index (κ2) is 5.84. The molecule has 1 aliphatic carbocycles. The Hall–Kier alpha value is -0.900. The Kier molecular flexibility index (Phi) is 4.11. The van der Waals surface area contributed by atoms with Crippen LogP contribution in [0.2, 0.25) is 0 Å². The molecular weight excluding hydrogens is 248 g/mol. The van der Waals surface area contributed by atoms with Gasteiger partial charge in [0.25, 0.3) is 0 Å². The molecule has 0 spiro atoms. The van der Waals surface area contributed by atoms with Crippen molar-refractivity contribution in [3.63, 3.8) is 0 Å². The Labute approximate surface area is 122 Å². The quantitative estimate of drug-likeness (QED) is 0.901. The van der Waals surface area contributed by atoms with E-state index >= 15 is 0 Å². The number of hydrogen-bond acceptors (Lipinski definition) is 3. The van der Waals surface area contributed by atoms with Crippen molar-refractivity contribution < 1.29 is 4.74 Å². The lowest BCUT2D eigenvalue weighted by Crippen LogP contribution is -2.52. The predicted molar refractivity (Wildman–Crippen MR) is 81.8 cm³/mol. The van der Waals surface area contributed by atoms with Gasteiger partial charge in [0.2, 0.25) is 0 Å². The maximum atomic E-state index is 6.59. The third kappa shape index (κ3) is 2.50. The van der Waals surface area contributed by atoms with Gasteiger partial charge in [-0.3, -0.25) is 4.90 Å². The molecular formula is C17H26N2O. The monoisotopic (exact) mass is 274 g/mol. The highest BCUT2D eigenvalue weighted by molar-refractivity contribution is 5.36. The smallest absolute Gasteiger partial charge is 0.0700 e. The molecule has 3 rings (SSSR count). The van der Waals surface area contributed by atoms with E-state index in [1.54, 1.807) is 0 Å². The molecule has 4 atom stereocenters. The Morgan fingerprint density at radius 2 is 2.05 bits per heavy atom. The molecule has 20 heavy (non-hydrogen) atoms. The number of rotatable bonds is 2. The van der Waals surface area contributed by atoms with Crippen molar-refractivity contribution >= 4 is 0 Å². The van der Waals surface area contributed by atoms with Crippen LogP contribution in [0, 0.1) is 0 Å². The van der Waals surface area contributed by atoms with E-state index in [0.717, 1.165) is 32.5 Å². The number of fused-ring (bicyclic) bond motifs is 1.